The lowest BCUT2D eigenvalue weighted by Crippen LogP contribution is -2.30. The van der Waals surface area contributed by atoms with Gasteiger partial charge >= 0.3 is 11.9 Å². The van der Waals surface area contributed by atoms with Crippen molar-refractivity contribution in [3.8, 4) is 0 Å². The molecule has 1 unspecified atom stereocenters. The lowest BCUT2D eigenvalue weighted by Gasteiger charge is -2.18. The Morgan fingerprint density at radius 3 is 1.23 bits per heavy atom. The maximum atomic E-state index is 12.8. The molecular formula is C55H100O5. The molecule has 0 heterocycles. The molecule has 60 heavy (non-hydrogen) atoms. The predicted octanol–water partition coefficient (Wildman–Crippen LogP) is 17.6. The molecule has 350 valence electrons. The molecule has 0 spiro atoms. The van der Waals surface area contributed by atoms with Gasteiger partial charge in [-0.1, -0.05) is 223 Å². The van der Waals surface area contributed by atoms with E-state index in [1.807, 2.05) is 0 Å². The highest BCUT2D eigenvalue weighted by molar-refractivity contribution is 5.70. The van der Waals surface area contributed by atoms with E-state index in [-0.39, 0.29) is 25.2 Å². The van der Waals surface area contributed by atoms with Crippen LogP contribution >= 0.6 is 0 Å². The molecule has 0 bridgehead atoms. The quantitative estimate of drug-likeness (QED) is 0.0347. The Hall–Kier alpha value is -2.14. The zero-order valence-electron chi connectivity index (χ0n) is 40.2. The van der Waals surface area contributed by atoms with Crippen LogP contribution < -0.4 is 0 Å². The number of carbonyl (C=O) groups is 2. The molecule has 0 saturated carbocycles. The van der Waals surface area contributed by atoms with E-state index >= 15 is 0 Å². The summed E-state index contributed by atoms with van der Waals surface area (Å²) >= 11 is 0. The van der Waals surface area contributed by atoms with Crippen LogP contribution in [0.5, 0.6) is 0 Å². The van der Waals surface area contributed by atoms with Crippen molar-refractivity contribution in [1.29, 1.82) is 0 Å². The zero-order valence-corrected chi connectivity index (χ0v) is 40.2. The molecule has 0 amide bonds. The van der Waals surface area contributed by atoms with Gasteiger partial charge in [-0.2, -0.15) is 0 Å². The fraction of sp³-hybridized carbons (Fsp3) is 0.818. The standard InChI is InChI=1S/C55H100O5/c1-4-7-10-13-16-19-22-24-25-26-27-28-29-30-32-35-38-41-44-47-50-58-51-53(60-55(57)49-46-43-40-37-33-21-18-15-12-9-6-3)52-59-54(56)48-45-42-39-36-34-31-23-20-17-14-11-8-5-2/h8,11,17,20,24-25,31,34,53H,4-7,9-10,12-16,18-19,21-23,26-30,32-33,35-52H2,1-3H3/b11-8-,20-17-,25-24-,34-31-. The van der Waals surface area contributed by atoms with Crippen molar-refractivity contribution in [2.45, 2.75) is 271 Å². The lowest BCUT2D eigenvalue weighted by atomic mass is 10.1. The molecular weight excluding hydrogens is 741 g/mol. The first-order chi connectivity index (χ1) is 29.6. The van der Waals surface area contributed by atoms with Crippen molar-refractivity contribution in [3.05, 3.63) is 48.6 Å². The average molecular weight is 841 g/mol. The van der Waals surface area contributed by atoms with E-state index in [9.17, 15) is 9.59 Å². The highest BCUT2D eigenvalue weighted by Gasteiger charge is 2.17. The molecule has 0 aromatic heterocycles. The summed E-state index contributed by atoms with van der Waals surface area (Å²) in [5.41, 5.74) is 0. The van der Waals surface area contributed by atoms with Crippen molar-refractivity contribution in [3.63, 3.8) is 0 Å². The highest BCUT2D eigenvalue weighted by Crippen LogP contribution is 2.15. The first kappa shape index (κ1) is 57.9. The van der Waals surface area contributed by atoms with E-state index < -0.39 is 6.10 Å². The molecule has 0 aromatic rings. The van der Waals surface area contributed by atoms with Gasteiger partial charge in [0.1, 0.15) is 6.61 Å². The number of esters is 2. The first-order valence-corrected chi connectivity index (χ1v) is 26.2. The van der Waals surface area contributed by atoms with Gasteiger partial charge < -0.3 is 14.2 Å². The van der Waals surface area contributed by atoms with E-state index in [4.69, 9.17) is 14.2 Å². The Labute approximate surface area is 373 Å². The minimum Gasteiger partial charge on any atom is -0.462 e. The first-order valence-electron chi connectivity index (χ1n) is 26.2. The van der Waals surface area contributed by atoms with E-state index in [0.29, 0.717) is 19.4 Å². The minimum atomic E-state index is -0.544. The summed E-state index contributed by atoms with van der Waals surface area (Å²) in [7, 11) is 0. The molecule has 0 aromatic carbocycles. The Morgan fingerprint density at radius 1 is 0.383 bits per heavy atom. The number of rotatable bonds is 48. The number of hydrogen-bond donors (Lipinski definition) is 0. The Morgan fingerprint density at radius 2 is 0.750 bits per heavy atom. The largest absolute Gasteiger partial charge is 0.462 e. The molecule has 5 heteroatoms. The molecule has 0 aliphatic heterocycles. The van der Waals surface area contributed by atoms with Crippen LogP contribution in [0.4, 0.5) is 0 Å². The second-order valence-corrected chi connectivity index (χ2v) is 17.4. The van der Waals surface area contributed by atoms with Crippen molar-refractivity contribution in [2.24, 2.45) is 0 Å². The minimum absolute atomic E-state index is 0.0727. The lowest BCUT2D eigenvalue weighted by molar-refractivity contribution is -0.163. The maximum Gasteiger partial charge on any atom is 0.306 e. The van der Waals surface area contributed by atoms with Gasteiger partial charge in [0.05, 0.1) is 6.61 Å². The fourth-order valence-corrected chi connectivity index (χ4v) is 7.46. The van der Waals surface area contributed by atoms with Crippen LogP contribution in [-0.4, -0.2) is 37.9 Å². The monoisotopic (exact) mass is 841 g/mol. The van der Waals surface area contributed by atoms with E-state index in [0.717, 1.165) is 70.6 Å². The van der Waals surface area contributed by atoms with Gasteiger partial charge in [-0.15, -0.1) is 0 Å². The van der Waals surface area contributed by atoms with Gasteiger partial charge in [-0.05, 0) is 77.0 Å². The molecule has 5 nitrogen and oxygen atoms in total. The third-order valence-electron chi connectivity index (χ3n) is 11.3. The van der Waals surface area contributed by atoms with Gasteiger partial charge in [0, 0.05) is 19.4 Å². The SMILES string of the molecule is CC/C=C\C/C=C\C/C=C\CCCCCC(=O)OCC(COCCCCCCCCCCCC/C=C\CCCCCCCC)OC(=O)CCCCCCCCCCCCC. The van der Waals surface area contributed by atoms with Crippen molar-refractivity contribution in [2.75, 3.05) is 19.8 Å². The smallest absolute Gasteiger partial charge is 0.306 e. The van der Waals surface area contributed by atoms with Crippen LogP contribution in [0, 0.1) is 0 Å². The molecule has 0 fully saturated rings. The van der Waals surface area contributed by atoms with Gasteiger partial charge in [0.25, 0.3) is 0 Å². The molecule has 0 aliphatic rings. The summed E-state index contributed by atoms with van der Waals surface area (Å²) in [6, 6.07) is 0. The normalized spacial score (nSPS) is 12.5. The second-order valence-electron chi connectivity index (χ2n) is 17.4. The maximum absolute atomic E-state index is 12.8. The van der Waals surface area contributed by atoms with Crippen LogP contribution in [0.3, 0.4) is 0 Å². The summed E-state index contributed by atoms with van der Waals surface area (Å²) in [4.78, 5) is 25.3. The van der Waals surface area contributed by atoms with Crippen molar-refractivity contribution < 1.29 is 23.8 Å². The number of ether oxygens (including phenoxy) is 3. The van der Waals surface area contributed by atoms with Crippen LogP contribution in [-0.2, 0) is 23.8 Å². The van der Waals surface area contributed by atoms with Crippen LogP contribution in [0.1, 0.15) is 265 Å². The Kier molecular flexibility index (Phi) is 49.4. The summed E-state index contributed by atoms with van der Waals surface area (Å²) in [5, 5.41) is 0. The van der Waals surface area contributed by atoms with Crippen LogP contribution in [0.15, 0.2) is 48.6 Å². The van der Waals surface area contributed by atoms with Crippen molar-refractivity contribution >= 4 is 11.9 Å². The third-order valence-corrected chi connectivity index (χ3v) is 11.3. The summed E-state index contributed by atoms with van der Waals surface area (Å²) in [6.45, 7) is 7.70. The highest BCUT2D eigenvalue weighted by atomic mass is 16.6. The molecule has 0 saturated heterocycles. The van der Waals surface area contributed by atoms with Crippen molar-refractivity contribution in [1.82, 2.24) is 0 Å². The number of hydrogen-bond acceptors (Lipinski definition) is 5. The zero-order chi connectivity index (χ0) is 43.5. The third kappa shape index (κ3) is 48.5. The van der Waals surface area contributed by atoms with E-state index in [2.05, 4.69) is 69.4 Å². The number of carbonyl (C=O) groups excluding carboxylic acids is 2. The molecule has 0 aliphatic carbocycles. The fourth-order valence-electron chi connectivity index (χ4n) is 7.46. The average Bonchev–Trinajstić information content (AvgIpc) is 3.25. The molecule has 0 radical (unpaired) electrons. The van der Waals surface area contributed by atoms with Crippen LogP contribution in [0.2, 0.25) is 0 Å². The summed E-state index contributed by atoms with van der Waals surface area (Å²) < 4.78 is 17.4. The Balaban J connectivity index is 4.20. The summed E-state index contributed by atoms with van der Waals surface area (Å²) in [6.07, 6.45) is 62.7. The number of allylic oxidation sites excluding steroid dienone is 8. The molecule has 0 rings (SSSR count). The summed E-state index contributed by atoms with van der Waals surface area (Å²) in [5.74, 6) is -0.423. The second kappa shape index (κ2) is 51.2. The Bertz CT molecular complexity index is 997. The van der Waals surface area contributed by atoms with E-state index in [1.54, 1.807) is 0 Å². The predicted molar refractivity (Wildman–Crippen MR) is 261 cm³/mol. The van der Waals surface area contributed by atoms with Crippen LogP contribution in [0.25, 0.3) is 0 Å². The van der Waals surface area contributed by atoms with E-state index in [1.165, 1.54) is 161 Å². The number of unbranched alkanes of at least 4 members (excludes halogenated alkanes) is 29. The van der Waals surface area contributed by atoms with Gasteiger partial charge in [-0.25, -0.2) is 0 Å². The molecule has 1 atom stereocenters. The van der Waals surface area contributed by atoms with Gasteiger partial charge in [0.15, 0.2) is 6.10 Å². The van der Waals surface area contributed by atoms with Gasteiger partial charge in [-0.3, -0.25) is 9.59 Å². The molecule has 0 N–H and O–H groups in total. The topological polar surface area (TPSA) is 61.8 Å². The van der Waals surface area contributed by atoms with Gasteiger partial charge in [0.2, 0.25) is 0 Å².